The third-order valence-electron chi connectivity index (χ3n) is 6.31. The van der Waals surface area contributed by atoms with E-state index in [-0.39, 0.29) is 12.4 Å². The second kappa shape index (κ2) is 10.8. The van der Waals surface area contributed by atoms with Gasteiger partial charge in [-0.25, -0.2) is 0 Å². The van der Waals surface area contributed by atoms with Crippen LogP contribution in [0.3, 0.4) is 0 Å². The van der Waals surface area contributed by atoms with E-state index in [4.69, 9.17) is 0 Å². The number of aromatic nitrogens is 1. The summed E-state index contributed by atoms with van der Waals surface area (Å²) in [6.45, 7) is 5.30. The standard InChI is InChI=1S/C31H30N2O.ClH/c1-22-18-23(2)30-28(19-22)29(24-12-6-3-7-13-24)31(25-14-8-4-9-15-25)33(30)21-27(34)20-32-26-16-10-5-11-17-26;/h3-19,27,32,34H,20-21H2,1-2H3;1H. The molecule has 1 aromatic heterocycles. The predicted octanol–water partition coefficient (Wildman–Crippen LogP) is 7.49. The smallest absolute Gasteiger partial charge is 0.0891 e. The number of nitrogens with zero attached hydrogens (tertiary/aromatic N) is 1. The molecule has 1 unspecified atom stereocenters. The number of aliphatic hydroxyl groups excluding tert-OH is 1. The van der Waals surface area contributed by atoms with Gasteiger partial charge in [0.25, 0.3) is 0 Å². The van der Waals surface area contributed by atoms with Gasteiger partial charge in [-0.05, 0) is 48.7 Å². The summed E-state index contributed by atoms with van der Waals surface area (Å²) >= 11 is 0. The van der Waals surface area contributed by atoms with Gasteiger partial charge in [0.15, 0.2) is 0 Å². The summed E-state index contributed by atoms with van der Waals surface area (Å²) in [5.41, 5.74) is 9.36. The number of aryl methyl sites for hydroxylation is 2. The fourth-order valence-electron chi connectivity index (χ4n) is 4.93. The summed E-state index contributed by atoms with van der Waals surface area (Å²) in [4.78, 5) is 0. The van der Waals surface area contributed by atoms with Gasteiger partial charge in [0.2, 0.25) is 0 Å². The number of aliphatic hydroxyl groups is 1. The van der Waals surface area contributed by atoms with E-state index in [1.165, 1.54) is 33.2 Å². The van der Waals surface area contributed by atoms with Crippen LogP contribution < -0.4 is 5.32 Å². The molecule has 0 aliphatic rings. The number of hydrogen-bond acceptors (Lipinski definition) is 2. The molecule has 4 aromatic carbocycles. The molecule has 5 aromatic rings. The Hall–Kier alpha value is -3.53. The molecule has 0 fully saturated rings. The molecule has 0 amide bonds. The quantitative estimate of drug-likeness (QED) is 0.252. The number of halogens is 1. The first kappa shape index (κ1) is 24.6. The SMILES string of the molecule is Cc1cc(C)c2c(c1)c(-c1ccccc1)c(-c1ccccc1)n2CC(O)CNc1ccccc1.Cl. The van der Waals surface area contributed by atoms with Crippen molar-refractivity contribution in [1.29, 1.82) is 0 Å². The van der Waals surface area contributed by atoms with Gasteiger partial charge in [0.1, 0.15) is 0 Å². The fourth-order valence-corrected chi connectivity index (χ4v) is 4.93. The number of para-hydroxylation sites is 1. The molecular weight excluding hydrogens is 452 g/mol. The number of benzene rings is 4. The van der Waals surface area contributed by atoms with Crippen LogP contribution in [0.5, 0.6) is 0 Å². The minimum Gasteiger partial charge on any atom is -0.389 e. The van der Waals surface area contributed by atoms with Crippen LogP contribution in [0.2, 0.25) is 0 Å². The zero-order valence-electron chi connectivity index (χ0n) is 20.1. The van der Waals surface area contributed by atoms with Crippen molar-refractivity contribution in [3.8, 4) is 22.4 Å². The van der Waals surface area contributed by atoms with Crippen molar-refractivity contribution in [2.24, 2.45) is 0 Å². The molecule has 0 saturated heterocycles. The third-order valence-corrected chi connectivity index (χ3v) is 6.31. The van der Waals surface area contributed by atoms with E-state index in [0.717, 1.165) is 16.9 Å². The van der Waals surface area contributed by atoms with Crippen molar-refractivity contribution in [3.63, 3.8) is 0 Å². The Kier molecular flexibility index (Phi) is 7.60. The van der Waals surface area contributed by atoms with Crippen LogP contribution >= 0.6 is 12.4 Å². The van der Waals surface area contributed by atoms with Crippen LogP contribution in [-0.2, 0) is 6.54 Å². The monoisotopic (exact) mass is 482 g/mol. The Morgan fingerprint density at radius 2 is 1.34 bits per heavy atom. The maximum absolute atomic E-state index is 11.1. The Balaban J connectivity index is 0.00000289. The third kappa shape index (κ3) is 5.12. The first-order valence-corrected chi connectivity index (χ1v) is 11.8. The van der Waals surface area contributed by atoms with Crippen LogP contribution in [0.15, 0.2) is 103 Å². The molecule has 0 bridgehead atoms. The Labute approximate surface area is 213 Å². The molecule has 3 nitrogen and oxygen atoms in total. The van der Waals surface area contributed by atoms with Gasteiger partial charge < -0.3 is 15.0 Å². The number of rotatable bonds is 7. The molecule has 35 heavy (non-hydrogen) atoms. The topological polar surface area (TPSA) is 37.2 Å². The second-order valence-electron chi connectivity index (χ2n) is 8.94. The van der Waals surface area contributed by atoms with Crippen molar-refractivity contribution in [2.75, 3.05) is 11.9 Å². The van der Waals surface area contributed by atoms with Crippen molar-refractivity contribution in [3.05, 3.63) is 114 Å². The summed E-state index contributed by atoms with van der Waals surface area (Å²) in [5.74, 6) is 0. The zero-order valence-corrected chi connectivity index (χ0v) is 20.9. The number of nitrogens with one attached hydrogen (secondary N) is 1. The maximum Gasteiger partial charge on any atom is 0.0891 e. The van der Waals surface area contributed by atoms with Gasteiger partial charge in [-0.15, -0.1) is 12.4 Å². The van der Waals surface area contributed by atoms with E-state index in [0.29, 0.717) is 13.1 Å². The lowest BCUT2D eigenvalue weighted by Crippen LogP contribution is -2.25. The Bertz CT molecular complexity index is 1400. The van der Waals surface area contributed by atoms with E-state index in [1.807, 2.05) is 36.4 Å². The zero-order chi connectivity index (χ0) is 23.5. The van der Waals surface area contributed by atoms with Crippen molar-refractivity contribution in [1.82, 2.24) is 4.57 Å². The highest BCUT2D eigenvalue weighted by atomic mass is 35.5. The average molecular weight is 483 g/mol. The number of anilines is 1. The lowest BCUT2D eigenvalue weighted by atomic mass is 9.97. The van der Waals surface area contributed by atoms with Gasteiger partial charge >= 0.3 is 0 Å². The molecule has 1 heterocycles. The predicted molar refractivity (Wildman–Crippen MR) is 150 cm³/mol. The highest BCUT2D eigenvalue weighted by Crippen LogP contribution is 2.42. The number of hydrogen-bond donors (Lipinski definition) is 2. The van der Waals surface area contributed by atoms with Gasteiger partial charge in [0, 0.05) is 23.2 Å². The molecule has 0 spiro atoms. The molecule has 1 atom stereocenters. The second-order valence-corrected chi connectivity index (χ2v) is 8.94. The van der Waals surface area contributed by atoms with E-state index < -0.39 is 6.10 Å². The first-order valence-electron chi connectivity index (χ1n) is 11.8. The largest absolute Gasteiger partial charge is 0.389 e. The van der Waals surface area contributed by atoms with E-state index in [1.54, 1.807) is 0 Å². The molecule has 178 valence electrons. The molecule has 0 aliphatic carbocycles. The van der Waals surface area contributed by atoms with Crippen LogP contribution in [0.25, 0.3) is 33.3 Å². The highest BCUT2D eigenvalue weighted by molar-refractivity contribution is 6.06. The summed E-state index contributed by atoms with van der Waals surface area (Å²) < 4.78 is 2.32. The molecule has 4 heteroatoms. The van der Waals surface area contributed by atoms with E-state index in [9.17, 15) is 5.11 Å². The number of fused-ring (bicyclic) bond motifs is 1. The van der Waals surface area contributed by atoms with E-state index in [2.05, 4.69) is 90.5 Å². The van der Waals surface area contributed by atoms with Crippen LogP contribution in [0.1, 0.15) is 11.1 Å². The summed E-state index contributed by atoms with van der Waals surface area (Å²) in [6, 6.07) is 35.7. The van der Waals surface area contributed by atoms with Gasteiger partial charge in [0.05, 0.1) is 23.9 Å². The van der Waals surface area contributed by atoms with Crippen molar-refractivity contribution < 1.29 is 5.11 Å². The maximum atomic E-state index is 11.1. The molecular formula is C31H31ClN2O. The lowest BCUT2D eigenvalue weighted by molar-refractivity contribution is 0.169. The van der Waals surface area contributed by atoms with Gasteiger partial charge in [-0.2, -0.15) is 0 Å². The van der Waals surface area contributed by atoms with Gasteiger partial charge in [-0.1, -0.05) is 90.5 Å². The van der Waals surface area contributed by atoms with Crippen molar-refractivity contribution in [2.45, 2.75) is 26.5 Å². The first-order chi connectivity index (χ1) is 16.6. The molecule has 5 rings (SSSR count). The summed E-state index contributed by atoms with van der Waals surface area (Å²) in [5, 5.41) is 15.7. The average Bonchev–Trinajstić information content (AvgIpc) is 3.18. The molecule has 0 saturated carbocycles. The Morgan fingerprint density at radius 3 is 1.97 bits per heavy atom. The minimum atomic E-state index is -0.553. The van der Waals surface area contributed by atoms with Crippen LogP contribution in [0.4, 0.5) is 5.69 Å². The fraction of sp³-hybridized carbons (Fsp3) is 0.161. The van der Waals surface area contributed by atoms with Crippen LogP contribution in [-0.4, -0.2) is 22.3 Å². The molecule has 2 N–H and O–H groups in total. The summed E-state index contributed by atoms with van der Waals surface area (Å²) in [7, 11) is 0. The minimum absolute atomic E-state index is 0. The molecule has 0 aliphatic heterocycles. The van der Waals surface area contributed by atoms with Crippen LogP contribution in [0, 0.1) is 13.8 Å². The normalized spacial score (nSPS) is 11.7. The Morgan fingerprint density at radius 1 is 0.771 bits per heavy atom. The molecule has 0 radical (unpaired) electrons. The van der Waals surface area contributed by atoms with Gasteiger partial charge in [-0.3, -0.25) is 0 Å². The summed E-state index contributed by atoms with van der Waals surface area (Å²) in [6.07, 6.45) is -0.553. The van der Waals surface area contributed by atoms with Crippen molar-refractivity contribution >= 4 is 29.0 Å². The van der Waals surface area contributed by atoms with E-state index >= 15 is 0 Å². The lowest BCUT2D eigenvalue weighted by Gasteiger charge is -2.18. The highest BCUT2D eigenvalue weighted by Gasteiger charge is 2.23.